The van der Waals surface area contributed by atoms with Crippen LogP contribution in [0.3, 0.4) is 0 Å². The van der Waals surface area contributed by atoms with Crippen molar-refractivity contribution in [2.24, 2.45) is 0 Å². The van der Waals surface area contributed by atoms with Crippen LogP contribution in [0.2, 0.25) is 0 Å². The smallest absolute Gasteiger partial charge is 0.258 e. The topological polar surface area (TPSA) is 81.9 Å². The van der Waals surface area contributed by atoms with Crippen LogP contribution in [0.4, 0.5) is 11.6 Å². The van der Waals surface area contributed by atoms with Gasteiger partial charge in [0, 0.05) is 31.7 Å². The molecule has 0 atom stereocenters. The molecule has 0 spiro atoms. The minimum absolute atomic E-state index is 0.280. The second kappa shape index (κ2) is 7.90. The quantitative estimate of drug-likeness (QED) is 0.887. The third kappa shape index (κ3) is 4.51. The lowest BCUT2D eigenvalue weighted by Crippen LogP contribution is -2.21. The normalized spacial score (nSPS) is 9.96. The van der Waals surface area contributed by atoms with Crippen molar-refractivity contribution in [3.8, 4) is 6.07 Å². The maximum absolute atomic E-state index is 12.2. The van der Waals surface area contributed by atoms with Gasteiger partial charge >= 0.3 is 0 Å². The van der Waals surface area contributed by atoms with Crippen molar-refractivity contribution in [1.29, 1.82) is 5.26 Å². The zero-order valence-electron chi connectivity index (χ0n) is 13.3. The molecule has 1 amide bonds. The number of hydrogen-bond donors (Lipinski definition) is 1. The van der Waals surface area contributed by atoms with Gasteiger partial charge in [0.15, 0.2) is 0 Å². The predicted molar refractivity (Wildman–Crippen MR) is 89.3 cm³/mol. The molecule has 0 saturated heterocycles. The number of nitrogens with one attached hydrogen (secondary N) is 1. The van der Waals surface area contributed by atoms with E-state index >= 15 is 0 Å². The molecule has 2 rings (SSSR count). The van der Waals surface area contributed by atoms with Crippen LogP contribution in [0.15, 0.2) is 36.7 Å². The second-order valence-electron chi connectivity index (χ2n) is 5.19. The van der Waals surface area contributed by atoms with Gasteiger partial charge in [-0.3, -0.25) is 4.79 Å². The van der Waals surface area contributed by atoms with Crippen molar-refractivity contribution < 1.29 is 4.79 Å². The molecule has 6 nitrogen and oxygen atoms in total. The average molecular weight is 309 g/mol. The Kier molecular flexibility index (Phi) is 5.64. The maximum Gasteiger partial charge on any atom is 0.258 e. The van der Waals surface area contributed by atoms with E-state index in [-0.39, 0.29) is 5.91 Å². The van der Waals surface area contributed by atoms with Gasteiger partial charge in [0.25, 0.3) is 5.91 Å². The van der Waals surface area contributed by atoms with Crippen LogP contribution >= 0.6 is 0 Å². The van der Waals surface area contributed by atoms with E-state index in [1.165, 1.54) is 12.4 Å². The predicted octanol–water partition coefficient (Wildman–Crippen LogP) is 2.84. The van der Waals surface area contributed by atoms with E-state index < -0.39 is 0 Å². The first kappa shape index (κ1) is 16.4. The summed E-state index contributed by atoms with van der Waals surface area (Å²) in [5, 5.41) is 11.5. The van der Waals surface area contributed by atoms with Crippen molar-refractivity contribution in [1.82, 2.24) is 9.97 Å². The molecule has 2 aromatic rings. The molecule has 1 heterocycles. The molecule has 23 heavy (non-hydrogen) atoms. The number of carbonyl (C=O) groups excluding carboxylic acids is 1. The van der Waals surface area contributed by atoms with Crippen LogP contribution in [0.25, 0.3) is 0 Å². The Morgan fingerprint density at radius 2 is 1.91 bits per heavy atom. The number of rotatable bonds is 6. The molecular formula is C17H19N5O. The number of benzene rings is 1. The molecule has 0 unspecified atom stereocenters. The standard InChI is InChI=1S/C17H19N5O/c1-3-4-9-22(2)17-19-11-14(12-20-17)16(23)21-15-7-5-13(10-18)6-8-15/h5-8,11-12H,3-4,9H2,1-2H3,(H,21,23). The SMILES string of the molecule is CCCCN(C)c1ncc(C(=O)Nc2ccc(C#N)cc2)cn1. The summed E-state index contributed by atoms with van der Waals surface area (Å²) in [5.41, 5.74) is 1.56. The summed E-state index contributed by atoms with van der Waals surface area (Å²) < 4.78 is 0. The molecular weight excluding hydrogens is 290 g/mol. The molecule has 0 fully saturated rings. The van der Waals surface area contributed by atoms with E-state index in [0.717, 1.165) is 19.4 Å². The van der Waals surface area contributed by atoms with E-state index in [2.05, 4.69) is 22.2 Å². The fraction of sp³-hybridized carbons (Fsp3) is 0.294. The Balaban J connectivity index is 2.00. The molecule has 0 saturated carbocycles. The Bertz CT molecular complexity index is 688. The van der Waals surface area contributed by atoms with Gasteiger partial charge in [-0.05, 0) is 30.7 Å². The zero-order valence-corrected chi connectivity index (χ0v) is 13.3. The molecule has 0 aliphatic heterocycles. The molecule has 0 bridgehead atoms. The summed E-state index contributed by atoms with van der Waals surface area (Å²) in [6, 6.07) is 8.70. The highest BCUT2D eigenvalue weighted by molar-refractivity contribution is 6.03. The van der Waals surface area contributed by atoms with Crippen molar-refractivity contribution >= 4 is 17.5 Å². The summed E-state index contributed by atoms with van der Waals surface area (Å²) >= 11 is 0. The molecule has 0 radical (unpaired) electrons. The van der Waals surface area contributed by atoms with Gasteiger partial charge in [0.1, 0.15) is 0 Å². The highest BCUT2D eigenvalue weighted by Crippen LogP contribution is 2.11. The van der Waals surface area contributed by atoms with Crippen LogP contribution < -0.4 is 10.2 Å². The zero-order chi connectivity index (χ0) is 16.7. The molecule has 6 heteroatoms. The van der Waals surface area contributed by atoms with Gasteiger partial charge in [-0.25, -0.2) is 9.97 Å². The van der Waals surface area contributed by atoms with Crippen LogP contribution in [0.5, 0.6) is 0 Å². The van der Waals surface area contributed by atoms with E-state index in [1.807, 2.05) is 18.0 Å². The number of carbonyl (C=O) groups is 1. The van der Waals surface area contributed by atoms with Gasteiger partial charge in [0.05, 0.1) is 17.2 Å². The molecule has 0 aliphatic carbocycles. The van der Waals surface area contributed by atoms with E-state index in [9.17, 15) is 4.79 Å². The number of aromatic nitrogens is 2. The first-order valence-electron chi connectivity index (χ1n) is 7.48. The number of anilines is 2. The van der Waals surface area contributed by atoms with E-state index in [1.54, 1.807) is 24.3 Å². The van der Waals surface area contributed by atoms with Crippen molar-refractivity contribution in [3.05, 3.63) is 47.8 Å². The molecule has 1 aromatic carbocycles. The highest BCUT2D eigenvalue weighted by Gasteiger charge is 2.09. The molecule has 1 N–H and O–H groups in total. The van der Waals surface area contributed by atoms with E-state index in [0.29, 0.717) is 22.8 Å². The number of nitrogens with zero attached hydrogens (tertiary/aromatic N) is 4. The second-order valence-corrected chi connectivity index (χ2v) is 5.19. The third-order valence-electron chi connectivity index (χ3n) is 3.36. The summed E-state index contributed by atoms with van der Waals surface area (Å²) in [6.07, 6.45) is 5.21. The highest BCUT2D eigenvalue weighted by atomic mass is 16.1. The maximum atomic E-state index is 12.2. The Labute approximate surface area is 135 Å². The van der Waals surface area contributed by atoms with Gasteiger partial charge in [-0.2, -0.15) is 5.26 Å². The Hall–Kier alpha value is -2.94. The largest absolute Gasteiger partial charge is 0.344 e. The average Bonchev–Trinajstić information content (AvgIpc) is 2.60. The van der Waals surface area contributed by atoms with E-state index in [4.69, 9.17) is 5.26 Å². The fourth-order valence-corrected chi connectivity index (χ4v) is 1.96. The monoisotopic (exact) mass is 309 g/mol. The van der Waals surface area contributed by atoms with Gasteiger partial charge in [0.2, 0.25) is 5.95 Å². The Morgan fingerprint density at radius 1 is 1.26 bits per heavy atom. The van der Waals surface area contributed by atoms with Crippen LogP contribution in [-0.4, -0.2) is 29.5 Å². The summed E-state index contributed by atoms with van der Waals surface area (Å²) in [4.78, 5) is 22.6. The van der Waals surface area contributed by atoms with Gasteiger partial charge < -0.3 is 10.2 Å². The first-order chi connectivity index (χ1) is 11.1. The van der Waals surface area contributed by atoms with Crippen LogP contribution in [0, 0.1) is 11.3 Å². The summed E-state index contributed by atoms with van der Waals surface area (Å²) in [5.74, 6) is 0.325. The van der Waals surface area contributed by atoms with Crippen LogP contribution in [0.1, 0.15) is 35.7 Å². The molecule has 0 aliphatic rings. The number of amides is 1. The summed E-state index contributed by atoms with van der Waals surface area (Å²) in [6.45, 7) is 3.01. The number of unbranched alkanes of at least 4 members (excludes halogenated alkanes) is 1. The number of hydrogen-bond acceptors (Lipinski definition) is 5. The molecule has 118 valence electrons. The lowest BCUT2D eigenvalue weighted by atomic mass is 10.2. The third-order valence-corrected chi connectivity index (χ3v) is 3.36. The Morgan fingerprint density at radius 3 is 2.48 bits per heavy atom. The molecule has 1 aromatic heterocycles. The minimum Gasteiger partial charge on any atom is -0.344 e. The minimum atomic E-state index is -0.280. The van der Waals surface area contributed by atoms with Gasteiger partial charge in [-0.1, -0.05) is 13.3 Å². The fourth-order valence-electron chi connectivity index (χ4n) is 1.96. The van der Waals surface area contributed by atoms with Crippen molar-refractivity contribution in [3.63, 3.8) is 0 Å². The van der Waals surface area contributed by atoms with Crippen molar-refractivity contribution in [2.75, 3.05) is 23.8 Å². The lowest BCUT2D eigenvalue weighted by Gasteiger charge is -2.16. The summed E-state index contributed by atoms with van der Waals surface area (Å²) in [7, 11) is 1.93. The van der Waals surface area contributed by atoms with Crippen molar-refractivity contribution in [2.45, 2.75) is 19.8 Å². The van der Waals surface area contributed by atoms with Crippen LogP contribution in [-0.2, 0) is 0 Å². The number of nitriles is 1. The first-order valence-corrected chi connectivity index (χ1v) is 7.48. The van der Waals surface area contributed by atoms with Gasteiger partial charge in [-0.15, -0.1) is 0 Å². The lowest BCUT2D eigenvalue weighted by molar-refractivity contribution is 0.102.